The van der Waals surface area contributed by atoms with Gasteiger partial charge in [0.25, 0.3) is 5.56 Å². The van der Waals surface area contributed by atoms with E-state index < -0.39 is 4.33 Å². The van der Waals surface area contributed by atoms with Gasteiger partial charge in [-0.2, -0.15) is 0 Å². The van der Waals surface area contributed by atoms with Gasteiger partial charge in [0.2, 0.25) is 0 Å². The monoisotopic (exact) mass is 302 g/mol. The maximum absolute atomic E-state index is 12.2. The van der Waals surface area contributed by atoms with Gasteiger partial charge in [0.05, 0.1) is 17.2 Å². The van der Waals surface area contributed by atoms with Crippen LogP contribution in [0.1, 0.15) is 6.42 Å². The first-order valence-electron chi connectivity index (χ1n) is 5.50. The zero-order valence-corrected chi connectivity index (χ0v) is 11.5. The molecule has 1 heterocycles. The molecule has 1 aliphatic rings. The molecule has 1 aliphatic carbocycles. The van der Waals surface area contributed by atoms with E-state index in [1.165, 1.54) is 6.33 Å². The van der Waals surface area contributed by atoms with Crippen molar-refractivity contribution in [1.29, 1.82) is 0 Å². The standard InChI is InChI=1S/C12H9Cl3N2O/c13-8-1-2-9-10(3-8)16-6-17(11(9)18)5-7-4-12(7,14)15/h1-3,6-7H,4-5H2/t7-/m0/s1. The van der Waals surface area contributed by atoms with Gasteiger partial charge in [-0.15, -0.1) is 23.2 Å². The summed E-state index contributed by atoms with van der Waals surface area (Å²) in [4.78, 5) is 16.4. The lowest BCUT2D eigenvalue weighted by Gasteiger charge is -2.06. The van der Waals surface area contributed by atoms with Crippen molar-refractivity contribution in [3.8, 4) is 0 Å². The van der Waals surface area contributed by atoms with E-state index in [-0.39, 0.29) is 11.5 Å². The molecule has 0 radical (unpaired) electrons. The molecule has 3 rings (SSSR count). The second-order valence-electron chi connectivity index (χ2n) is 4.53. The first kappa shape index (κ1) is 12.3. The molecule has 0 spiro atoms. The fraction of sp³-hybridized carbons (Fsp3) is 0.333. The van der Waals surface area contributed by atoms with Gasteiger partial charge in [-0.25, -0.2) is 4.98 Å². The largest absolute Gasteiger partial charge is 0.298 e. The third-order valence-electron chi connectivity index (χ3n) is 3.16. The van der Waals surface area contributed by atoms with Gasteiger partial charge in [0.1, 0.15) is 4.33 Å². The summed E-state index contributed by atoms with van der Waals surface area (Å²) in [7, 11) is 0. The molecular formula is C12H9Cl3N2O. The summed E-state index contributed by atoms with van der Waals surface area (Å²) >= 11 is 17.8. The van der Waals surface area contributed by atoms with Gasteiger partial charge in [-0.3, -0.25) is 9.36 Å². The van der Waals surface area contributed by atoms with E-state index in [1.54, 1.807) is 22.8 Å². The first-order valence-corrected chi connectivity index (χ1v) is 6.63. The zero-order valence-electron chi connectivity index (χ0n) is 9.24. The number of hydrogen-bond acceptors (Lipinski definition) is 2. The molecule has 0 aliphatic heterocycles. The van der Waals surface area contributed by atoms with Crippen LogP contribution in [-0.4, -0.2) is 13.9 Å². The average molecular weight is 304 g/mol. The molecule has 18 heavy (non-hydrogen) atoms. The number of aromatic nitrogens is 2. The molecule has 1 saturated carbocycles. The highest BCUT2D eigenvalue weighted by Crippen LogP contribution is 2.53. The second-order valence-corrected chi connectivity index (χ2v) is 6.50. The van der Waals surface area contributed by atoms with Crippen LogP contribution in [0.3, 0.4) is 0 Å². The zero-order chi connectivity index (χ0) is 12.9. The molecule has 1 aromatic carbocycles. The maximum atomic E-state index is 12.2. The van der Waals surface area contributed by atoms with Crippen molar-refractivity contribution in [3.05, 3.63) is 39.9 Å². The van der Waals surface area contributed by atoms with Gasteiger partial charge in [0.15, 0.2) is 0 Å². The lowest BCUT2D eigenvalue weighted by atomic mass is 10.2. The van der Waals surface area contributed by atoms with Gasteiger partial charge in [-0.1, -0.05) is 11.6 Å². The van der Waals surface area contributed by atoms with Crippen molar-refractivity contribution in [2.24, 2.45) is 5.92 Å². The number of halogens is 3. The molecule has 1 aromatic heterocycles. The van der Waals surface area contributed by atoms with Crippen molar-refractivity contribution in [2.75, 3.05) is 0 Å². The highest BCUT2D eigenvalue weighted by Gasteiger charge is 2.51. The molecule has 0 saturated heterocycles. The summed E-state index contributed by atoms with van der Waals surface area (Å²) in [5, 5.41) is 1.12. The number of hydrogen-bond donors (Lipinski definition) is 0. The maximum Gasteiger partial charge on any atom is 0.261 e. The van der Waals surface area contributed by atoms with E-state index in [9.17, 15) is 4.79 Å². The summed E-state index contributed by atoms with van der Waals surface area (Å²) in [5.41, 5.74) is 0.509. The van der Waals surface area contributed by atoms with Gasteiger partial charge in [0, 0.05) is 17.5 Å². The van der Waals surface area contributed by atoms with Crippen molar-refractivity contribution in [3.63, 3.8) is 0 Å². The predicted octanol–water partition coefficient (Wildman–Crippen LogP) is 3.24. The number of alkyl halides is 2. The summed E-state index contributed by atoms with van der Waals surface area (Å²) in [6.07, 6.45) is 2.23. The van der Waals surface area contributed by atoms with Crippen LogP contribution >= 0.6 is 34.8 Å². The van der Waals surface area contributed by atoms with Crippen molar-refractivity contribution in [1.82, 2.24) is 9.55 Å². The topological polar surface area (TPSA) is 34.9 Å². The Morgan fingerprint density at radius 2 is 2.17 bits per heavy atom. The van der Waals surface area contributed by atoms with Gasteiger partial charge < -0.3 is 0 Å². The number of fused-ring (bicyclic) bond motifs is 1. The highest BCUT2D eigenvalue weighted by atomic mass is 35.5. The van der Waals surface area contributed by atoms with Crippen molar-refractivity contribution < 1.29 is 0 Å². The van der Waals surface area contributed by atoms with Crippen LogP contribution in [0.25, 0.3) is 10.9 Å². The van der Waals surface area contributed by atoms with Crippen LogP contribution in [-0.2, 0) is 6.54 Å². The summed E-state index contributed by atoms with van der Waals surface area (Å²) in [5.74, 6) is 0.116. The molecule has 94 valence electrons. The van der Waals surface area contributed by atoms with E-state index in [1.807, 2.05) is 0 Å². The lowest BCUT2D eigenvalue weighted by Crippen LogP contribution is -2.22. The Hall–Kier alpha value is -0.770. The van der Waals surface area contributed by atoms with Crippen LogP contribution in [0, 0.1) is 5.92 Å². The van der Waals surface area contributed by atoms with E-state index in [4.69, 9.17) is 34.8 Å². The molecule has 3 nitrogen and oxygen atoms in total. The van der Waals surface area contributed by atoms with Crippen LogP contribution in [0.5, 0.6) is 0 Å². The number of nitrogens with zero attached hydrogens (tertiary/aromatic N) is 2. The SMILES string of the molecule is O=c1c2ccc(Cl)cc2ncn1C[C@@H]1CC1(Cl)Cl. The van der Waals surface area contributed by atoms with E-state index in [2.05, 4.69) is 4.98 Å². The molecule has 0 amide bonds. The molecule has 2 aromatic rings. The Morgan fingerprint density at radius 3 is 2.83 bits per heavy atom. The van der Waals surface area contributed by atoms with Gasteiger partial charge >= 0.3 is 0 Å². The summed E-state index contributed by atoms with van der Waals surface area (Å²) < 4.78 is 0.863. The van der Waals surface area contributed by atoms with Crippen molar-refractivity contribution >= 4 is 45.7 Å². The van der Waals surface area contributed by atoms with Crippen molar-refractivity contribution in [2.45, 2.75) is 17.3 Å². The third kappa shape index (κ3) is 2.11. The van der Waals surface area contributed by atoms with E-state index >= 15 is 0 Å². The minimum atomic E-state index is -0.686. The minimum Gasteiger partial charge on any atom is -0.298 e. The quantitative estimate of drug-likeness (QED) is 0.798. The molecule has 1 atom stereocenters. The van der Waals surface area contributed by atoms with E-state index in [0.717, 1.165) is 0 Å². The first-order chi connectivity index (χ1) is 8.47. The molecule has 0 unspecified atom stereocenters. The number of benzene rings is 1. The Morgan fingerprint density at radius 1 is 1.44 bits per heavy atom. The molecule has 0 bridgehead atoms. The van der Waals surface area contributed by atoms with Gasteiger partial charge in [-0.05, 0) is 24.6 Å². The minimum absolute atomic E-state index is 0.0901. The fourth-order valence-electron chi connectivity index (χ4n) is 1.97. The normalized spacial score (nSPS) is 21.2. The molecule has 6 heteroatoms. The third-order valence-corrected chi connectivity index (χ3v) is 4.32. The Bertz CT molecular complexity index is 681. The smallest absolute Gasteiger partial charge is 0.261 e. The fourth-order valence-corrected chi connectivity index (χ4v) is 2.64. The highest BCUT2D eigenvalue weighted by molar-refractivity contribution is 6.50. The molecule has 1 fully saturated rings. The van der Waals surface area contributed by atoms with E-state index in [0.29, 0.717) is 28.9 Å². The number of rotatable bonds is 2. The summed E-state index contributed by atoms with van der Waals surface area (Å²) in [6.45, 7) is 0.497. The summed E-state index contributed by atoms with van der Waals surface area (Å²) in [6, 6.07) is 5.04. The van der Waals surface area contributed by atoms with Crippen LogP contribution in [0.15, 0.2) is 29.3 Å². The second kappa shape index (κ2) is 4.12. The van der Waals surface area contributed by atoms with Crippen LogP contribution < -0.4 is 5.56 Å². The Balaban J connectivity index is 2.02. The average Bonchev–Trinajstić information content (AvgIpc) is 2.90. The predicted molar refractivity (Wildman–Crippen MR) is 73.6 cm³/mol. The lowest BCUT2D eigenvalue weighted by molar-refractivity contribution is 0.597. The Labute approximate surface area is 118 Å². The Kier molecular flexibility index (Phi) is 2.81. The van der Waals surface area contributed by atoms with Crippen LogP contribution in [0.2, 0.25) is 5.02 Å². The van der Waals surface area contributed by atoms with Crippen LogP contribution in [0.4, 0.5) is 0 Å². The molecule has 0 N–H and O–H groups in total. The molecular weight excluding hydrogens is 295 g/mol.